The summed E-state index contributed by atoms with van der Waals surface area (Å²) in [6.07, 6.45) is 1.99. The summed E-state index contributed by atoms with van der Waals surface area (Å²) < 4.78 is 12.7. The average Bonchev–Trinajstić information content (AvgIpc) is 2.75. The molecule has 2 nitrogen and oxygen atoms in total. The van der Waals surface area contributed by atoms with Gasteiger partial charge in [0.05, 0.1) is 0 Å². The lowest BCUT2D eigenvalue weighted by Gasteiger charge is -2.17. The number of nitrogens with one attached hydrogen (secondary N) is 1. The molecule has 3 heteroatoms. The van der Waals surface area contributed by atoms with Crippen molar-refractivity contribution in [1.82, 2.24) is 5.32 Å². The van der Waals surface area contributed by atoms with Crippen LogP contribution < -0.4 is 5.32 Å². The van der Waals surface area contributed by atoms with Crippen molar-refractivity contribution in [1.29, 1.82) is 0 Å². The fourth-order valence-electron chi connectivity index (χ4n) is 2.13. The van der Waals surface area contributed by atoms with Gasteiger partial charge in [-0.25, -0.2) is 4.39 Å². The van der Waals surface area contributed by atoms with E-state index in [-0.39, 0.29) is 11.7 Å². The van der Waals surface area contributed by atoms with Gasteiger partial charge < -0.3 is 10.1 Å². The van der Waals surface area contributed by atoms with E-state index in [9.17, 15) is 9.18 Å². The zero-order chi connectivity index (χ0) is 10.7. The number of benzene rings is 1. The summed E-state index contributed by atoms with van der Waals surface area (Å²) >= 11 is 0. The molecule has 0 spiro atoms. The zero-order valence-corrected chi connectivity index (χ0v) is 8.45. The van der Waals surface area contributed by atoms with Crippen molar-refractivity contribution >= 4 is 6.29 Å². The van der Waals surface area contributed by atoms with E-state index in [1.807, 2.05) is 0 Å². The number of carbonyl (C=O) groups is 1. The van der Waals surface area contributed by atoms with E-state index in [1.165, 1.54) is 12.1 Å². The Balaban J connectivity index is 2.18. The van der Waals surface area contributed by atoms with Gasteiger partial charge in [0.1, 0.15) is 12.1 Å². The number of rotatable bonds is 3. The molecule has 1 N–H and O–H groups in total. The first kappa shape index (κ1) is 10.3. The van der Waals surface area contributed by atoms with Crippen LogP contribution in [-0.4, -0.2) is 19.4 Å². The minimum Gasteiger partial charge on any atom is -0.316 e. The predicted molar refractivity (Wildman–Crippen MR) is 56.2 cm³/mol. The van der Waals surface area contributed by atoms with Gasteiger partial charge in [-0.15, -0.1) is 0 Å². The van der Waals surface area contributed by atoms with Crippen LogP contribution in [0.4, 0.5) is 4.39 Å². The summed E-state index contributed by atoms with van der Waals surface area (Å²) in [5.41, 5.74) is 0.917. The molecule has 1 aliphatic rings. The Bertz CT molecular complexity index is 330. The fraction of sp³-hybridized carbons (Fsp3) is 0.417. The molecular formula is C12H14FNO. The minimum absolute atomic E-state index is 0.0967. The smallest absolute Gasteiger partial charge is 0.127 e. The predicted octanol–water partition coefficient (Wildman–Crippen LogP) is 1.72. The summed E-state index contributed by atoms with van der Waals surface area (Å²) in [6.45, 7) is 1.84. The molecule has 15 heavy (non-hydrogen) atoms. The van der Waals surface area contributed by atoms with E-state index in [0.29, 0.717) is 5.92 Å². The highest BCUT2D eigenvalue weighted by Crippen LogP contribution is 2.27. The first-order valence-corrected chi connectivity index (χ1v) is 5.22. The standard InChI is InChI=1S/C12H14FNO/c13-11-3-1-9(2-4-11)12(8-15)10-5-6-14-7-10/h1-4,8,10,12,14H,5-7H2. The van der Waals surface area contributed by atoms with Crippen LogP contribution in [0, 0.1) is 11.7 Å². The van der Waals surface area contributed by atoms with E-state index >= 15 is 0 Å². The Morgan fingerprint density at radius 3 is 2.67 bits per heavy atom. The SMILES string of the molecule is O=CC(c1ccc(F)cc1)C1CCNC1. The van der Waals surface area contributed by atoms with Crippen LogP contribution in [0.5, 0.6) is 0 Å². The second-order valence-electron chi connectivity index (χ2n) is 3.97. The molecule has 2 unspecified atom stereocenters. The van der Waals surface area contributed by atoms with Gasteiger partial charge in [0.25, 0.3) is 0 Å². The Hall–Kier alpha value is -1.22. The van der Waals surface area contributed by atoms with Crippen LogP contribution in [0.15, 0.2) is 24.3 Å². The zero-order valence-electron chi connectivity index (χ0n) is 8.45. The van der Waals surface area contributed by atoms with Crippen LogP contribution >= 0.6 is 0 Å². The third-order valence-electron chi connectivity index (χ3n) is 3.01. The van der Waals surface area contributed by atoms with E-state index in [0.717, 1.165) is 31.4 Å². The lowest BCUT2D eigenvalue weighted by Crippen LogP contribution is -2.17. The first-order valence-electron chi connectivity index (χ1n) is 5.22. The molecule has 80 valence electrons. The number of hydrogen-bond donors (Lipinski definition) is 1. The Labute approximate surface area is 88.5 Å². The normalized spacial score (nSPS) is 22.6. The maximum Gasteiger partial charge on any atom is 0.127 e. The third kappa shape index (κ3) is 2.23. The number of halogens is 1. The summed E-state index contributed by atoms with van der Waals surface area (Å²) in [7, 11) is 0. The van der Waals surface area contributed by atoms with Crippen LogP contribution in [-0.2, 0) is 4.79 Å². The van der Waals surface area contributed by atoms with Crippen LogP contribution in [0.1, 0.15) is 17.9 Å². The van der Waals surface area contributed by atoms with Crippen LogP contribution in [0.3, 0.4) is 0 Å². The number of hydrogen-bond acceptors (Lipinski definition) is 2. The van der Waals surface area contributed by atoms with Crippen molar-refractivity contribution < 1.29 is 9.18 Å². The minimum atomic E-state index is -0.257. The third-order valence-corrected chi connectivity index (χ3v) is 3.01. The summed E-state index contributed by atoms with van der Waals surface area (Å²) in [4.78, 5) is 11.1. The van der Waals surface area contributed by atoms with Gasteiger partial charge in [0, 0.05) is 5.92 Å². The highest BCUT2D eigenvalue weighted by atomic mass is 19.1. The molecule has 2 atom stereocenters. The molecule has 0 aromatic heterocycles. The molecule has 1 aromatic rings. The van der Waals surface area contributed by atoms with Crippen molar-refractivity contribution in [3.05, 3.63) is 35.6 Å². The molecule has 0 radical (unpaired) electrons. The van der Waals surface area contributed by atoms with Crippen molar-refractivity contribution in [2.75, 3.05) is 13.1 Å². The van der Waals surface area contributed by atoms with Gasteiger partial charge in [-0.3, -0.25) is 0 Å². The summed E-state index contributed by atoms with van der Waals surface area (Å²) in [5, 5.41) is 3.24. The molecule has 0 amide bonds. The molecule has 0 aliphatic carbocycles. The highest BCUT2D eigenvalue weighted by Gasteiger charge is 2.25. The average molecular weight is 207 g/mol. The van der Waals surface area contributed by atoms with Crippen molar-refractivity contribution in [3.8, 4) is 0 Å². The van der Waals surface area contributed by atoms with Gasteiger partial charge in [-0.05, 0) is 43.1 Å². The Morgan fingerprint density at radius 1 is 1.40 bits per heavy atom. The fourth-order valence-corrected chi connectivity index (χ4v) is 2.13. The molecule has 0 bridgehead atoms. The van der Waals surface area contributed by atoms with E-state index in [4.69, 9.17) is 0 Å². The molecular weight excluding hydrogens is 193 g/mol. The summed E-state index contributed by atoms with van der Waals surface area (Å²) in [6, 6.07) is 6.22. The van der Waals surface area contributed by atoms with Gasteiger partial charge in [0.15, 0.2) is 0 Å². The van der Waals surface area contributed by atoms with Gasteiger partial charge >= 0.3 is 0 Å². The van der Waals surface area contributed by atoms with Crippen molar-refractivity contribution in [3.63, 3.8) is 0 Å². The molecule has 0 saturated carbocycles. The van der Waals surface area contributed by atoms with Crippen LogP contribution in [0.25, 0.3) is 0 Å². The van der Waals surface area contributed by atoms with E-state index in [2.05, 4.69) is 5.32 Å². The maximum absolute atomic E-state index is 12.7. The second-order valence-corrected chi connectivity index (χ2v) is 3.97. The summed E-state index contributed by atoms with van der Waals surface area (Å²) in [5.74, 6) is 0.00140. The van der Waals surface area contributed by atoms with Crippen LogP contribution in [0.2, 0.25) is 0 Å². The Morgan fingerprint density at radius 2 is 2.13 bits per heavy atom. The number of carbonyl (C=O) groups excluding carboxylic acids is 1. The topological polar surface area (TPSA) is 29.1 Å². The van der Waals surface area contributed by atoms with E-state index in [1.54, 1.807) is 12.1 Å². The second kappa shape index (κ2) is 4.53. The lowest BCUT2D eigenvalue weighted by molar-refractivity contribution is -0.110. The molecule has 1 fully saturated rings. The largest absolute Gasteiger partial charge is 0.316 e. The van der Waals surface area contributed by atoms with E-state index < -0.39 is 0 Å². The molecule has 1 aromatic carbocycles. The van der Waals surface area contributed by atoms with Gasteiger partial charge in [0.2, 0.25) is 0 Å². The quantitative estimate of drug-likeness (QED) is 0.765. The van der Waals surface area contributed by atoms with Crippen molar-refractivity contribution in [2.45, 2.75) is 12.3 Å². The maximum atomic E-state index is 12.7. The molecule has 2 rings (SSSR count). The highest BCUT2D eigenvalue weighted by molar-refractivity contribution is 5.62. The first-order chi connectivity index (χ1) is 7.31. The monoisotopic (exact) mass is 207 g/mol. The van der Waals surface area contributed by atoms with Gasteiger partial charge in [-0.1, -0.05) is 12.1 Å². The Kier molecular flexibility index (Phi) is 3.11. The molecule has 1 saturated heterocycles. The van der Waals surface area contributed by atoms with Crippen molar-refractivity contribution in [2.24, 2.45) is 5.92 Å². The molecule has 1 aliphatic heterocycles. The molecule has 1 heterocycles. The lowest BCUT2D eigenvalue weighted by atomic mass is 9.86. The van der Waals surface area contributed by atoms with Gasteiger partial charge in [-0.2, -0.15) is 0 Å². The number of aldehydes is 1.